The van der Waals surface area contributed by atoms with Crippen LogP contribution in [0.4, 0.5) is 13.2 Å². The summed E-state index contributed by atoms with van der Waals surface area (Å²) in [6.45, 7) is 0. The Balaban J connectivity index is 2.37. The van der Waals surface area contributed by atoms with Crippen LogP contribution in [0.2, 0.25) is 5.02 Å². The molecule has 0 atom stereocenters. The molecule has 2 aromatic rings. The van der Waals surface area contributed by atoms with Crippen LogP contribution < -0.4 is 4.18 Å². The van der Waals surface area contributed by atoms with Gasteiger partial charge in [-0.2, -0.15) is 21.6 Å². The molecular formula is C13H8ClF3O3S. The van der Waals surface area contributed by atoms with E-state index in [-0.39, 0.29) is 4.90 Å². The minimum absolute atomic E-state index is 0.159. The largest absolute Gasteiger partial charge is 0.417 e. The van der Waals surface area contributed by atoms with Crippen LogP contribution in [0.15, 0.2) is 53.4 Å². The zero-order valence-electron chi connectivity index (χ0n) is 10.3. The summed E-state index contributed by atoms with van der Waals surface area (Å²) in [7, 11) is -4.20. The molecule has 0 aliphatic heterocycles. The van der Waals surface area contributed by atoms with Crippen LogP contribution in [0, 0.1) is 0 Å². The summed E-state index contributed by atoms with van der Waals surface area (Å²) < 4.78 is 66.6. The van der Waals surface area contributed by atoms with Gasteiger partial charge in [0.1, 0.15) is 10.6 Å². The molecule has 0 heterocycles. The van der Waals surface area contributed by atoms with E-state index in [1.165, 1.54) is 24.3 Å². The third kappa shape index (κ3) is 3.68. The fourth-order valence-electron chi connectivity index (χ4n) is 1.54. The first-order chi connectivity index (χ1) is 9.70. The Bertz CT molecular complexity index is 743. The van der Waals surface area contributed by atoms with Crippen LogP contribution >= 0.6 is 11.6 Å². The van der Waals surface area contributed by atoms with Crippen molar-refractivity contribution in [2.45, 2.75) is 11.1 Å². The minimum Gasteiger partial charge on any atom is -0.379 e. The second kappa shape index (κ2) is 5.57. The van der Waals surface area contributed by atoms with Crippen LogP contribution in [-0.4, -0.2) is 8.42 Å². The molecular weight excluding hydrogens is 329 g/mol. The lowest BCUT2D eigenvalue weighted by Crippen LogP contribution is -2.11. The molecule has 2 rings (SSSR count). The van der Waals surface area contributed by atoms with E-state index in [0.29, 0.717) is 6.07 Å². The minimum atomic E-state index is -4.70. The predicted molar refractivity (Wildman–Crippen MR) is 70.7 cm³/mol. The number of benzene rings is 2. The maximum atomic E-state index is 12.7. The van der Waals surface area contributed by atoms with Gasteiger partial charge >= 0.3 is 16.3 Å². The Morgan fingerprint density at radius 1 is 1.00 bits per heavy atom. The van der Waals surface area contributed by atoms with Gasteiger partial charge in [-0.05, 0) is 30.3 Å². The van der Waals surface area contributed by atoms with Gasteiger partial charge in [-0.1, -0.05) is 29.8 Å². The summed E-state index contributed by atoms with van der Waals surface area (Å²) in [5.74, 6) is -0.462. The fraction of sp³-hybridized carbons (Fsp3) is 0.0769. The fourth-order valence-corrected chi connectivity index (χ4v) is 2.70. The Morgan fingerprint density at radius 3 is 2.19 bits per heavy atom. The first kappa shape index (κ1) is 15.7. The molecule has 0 bridgehead atoms. The third-order valence-electron chi connectivity index (χ3n) is 2.48. The lowest BCUT2D eigenvalue weighted by atomic mass is 10.2. The van der Waals surface area contributed by atoms with Crippen molar-refractivity contribution in [3.05, 3.63) is 59.1 Å². The van der Waals surface area contributed by atoms with E-state index in [1.54, 1.807) is 6.07 Å². The Kier molecular flexibility index (Phi) is 4.15. The Hall–Kier alpha value is -1.73. The molecule has 21 heavy (non-hydrogen) atoms. The first-order valence-electron chi connectivity index (χ1n) is 5.56. The molecule has 8 heteroatoms. The van der Waals surface area contributed by atoms with Crippen molar-refractivity contribution < 1.29 is 25.8 Å². The summed E-state index contributed by atoms with van der Waals surface area (Å²) in [4.78, 5) is -0.159. The number of rotatable bonds is 3. The van der Waals surface area contributed by atoms with Gasteiger partial charge in [-0.25, -0.2) is 0 Å². The lowest BCUT2D eigenvalue weighted by Gasteiger charge is -2.12. The molecule has 0 aliphatic carbocycles. The molecule has 0 spiro atoms. The van der Waals surface area contributed by atoms with Crippen LogP contribution in [0.3, 0.4) is 0 Å². The Morgan fingerprint density at radius 2 is 1.62 bits per heavy atom. The Labute approximate surface area is 124 Å². The quantitative estimate of drug-likeness (QED) is 0.792. The highest BCUT2D eigenvalue weighted by Gasteiger charge is 2.34. The van der Waals surface area contributed by atoms with Crippen LogP contribution in [0.25, 0.3) is 0 Å². The number of halogens is 4. The van der Waals surface area contributed by atoms with Gasteiger partial charge < -0.3 is 4.18 Å². The standard InChI is InChI=1S/C13H8ClF3O3S/c14-12-7-6-9(8-11(12)13(15,16)17)20-21(18,19)10-4-2-1-3-5-10/h1-8H. The zero-order chi connectivity index (χ0) is 15.7. The molecule has 0 aromatic heterocycles. The van der Waals surface area contributed by atoms with Crippen LogP contribution in [0.5, 0.6) is 5.75 Å². The number of hydrogen-bond acceptors (Lipinski definition) is 3. The molecule has 0 unspecified atom stereocenters. The van der Waals surface area contributed by atoms with E-state index in [0.717, 1.165) is 12.1 Å². The van der Waals surface area contributed by atoms with Gasteiger partial charge in [0.2, 0.25) is 0 Å². The van der Waals surface area contributed by atoms with E-state index < -0.39 is 32.6 Å². The first-order valence-corrected chi connectivity index (χ1v) is 7.35. The molecule has 0 fully saturated rings. The maximum absolute atomic E-state index is 12.7. The van der Waals surface area contributed by atoms with Crippen molar-refractivity contribution in [1.29, 1.82) is 0 Å². The van der Waals surface area contributed by atoms with Gasteiger partial charge in [0.15, 0.2) is 0 Å². The predicted octanol–water partition coefficient (Wildman–Crippen LogP) is 4.13. The summed E-state index contributed by atoms with van der Waals surface area (Å²) in [6.07, 6.45) is -4.70. The van der Waals surface area contributed by atoms with Crippen molar-refractivity contribution in [1.82, 2.24) is 0 Å². The second-order valence-electron chi connectivity index (χ2n) is 3.99. The van der Waals surface area contributed by atoms with Crippen molar-refractivity contribution in [3.63, 3.8) is 0 Å². The molecule has 0 radical (unpaired) electrons. The van der Waals surface area contributed by atoms with Crippen molar-refractivity contribution in [3.8, 4) is 5.75 Å². The monoisotopic (exact) mass is 336 g/mol. The van der Waals surface area contributed by atoms with E-state index in [4.69, 9.17) is 15.8 Å². The molecule has 2 aromatic carbocycles. The summed E-state index contributed by atoms with van der Waals surface area (Å²) in [6, 6.07) is 9.62. The molecule has 0 amide bonds. The van der Waals surface area contributed by atoms with Crippen LogP contribution in [-0.2, 0) is 16.3 Å². The molecule has 112 valence electrons. The molecule has 0 saturated heterocycles. The molecule has 0 aliphatic rings. The SMILES string of the molecule is O=S(=O)(Oc1ccc(Cl)c(C(F)(F)F)c1)c1ccccc1. The molecule has 0 saturated carbocycles. The average molecular weight is 337 g/mol. The molecule has 0 N–H and O–H groups in total. The summed E-state index contributed by atoms with van der Waals surface area (Å²) in [5.41, 5.74) is -1.16. The van der Waals surface area contributed by atoms with Crippen molar-refractivity contribution in [2.75, 3.05) is 0 Å². The number of hydrogen-bond donors (Lipinski definition) is 0. The highest BCUT2D eigenvalue weighted by molar-refractivity contribution is 7.87. The van der Waals surface area contributed by atoms with Crippen molar-refractivity contribution >= 4 is 21.7 Å². The lowest BCUT2D eigenvalue weighted by molar-refractivity contribution is -0.137. The third-order valence-corrected chi connectivity index (χ3v) is 4.07. The average Bonchev–Trinajstić information content (AvgIpc) is 2.40. The van der Waals surface area contributed by atoms with Gasteiger partial charge in [-0.15, -0.1) is 0 Å². The van der Waals surface area contributed by atoms with Gasteiger partial charge in [-0.3, -0.25) is 0 Å². The number of alkyl halides is 3. The maximum Gasteiger partial charge on any atom is 0.417 e. The van der Waals surface area contributed by atoms with Gasteiger partial charge in [0.05, 0.1) is 10.6 Å². The smallest absolute Gasteiger partial charge is 0.379 e. The van der Waals surface area contributed by atoms with E-state index >= 15 is 0 Å². The summed E-state index contributed by atoms with van der Waals surface area (Å²) in [5, 5.41) is -0.535. The second-order valence-corrected chi connectivity index (χ2v) is 5.94. The van der Waals surface area contributed by atoms with Gasteiger partial charge in [0, 0.05) is 0 Å². The zero-order valence-corrected chi connectivity index (χ0v) is 11.8. The highest BCUT2D eigenvalue weighted by Crippen LogP contribution is 2.37. The van der Waals surface area contributed by atoms with E-state index in [9.17, 15) is 21.6 Å². The van der Waals surface area contributed by atoms with Crippen LogP contribution in [0.1, 0.15) is 5.56 Å². The summed E-state index contributed by atoms with van der Waals surface area (Å²) >= 11 is 5.44. The van der Waals surface area contributed by atoms with Crippen molar-refractivity contribution in [2.24, 2.45) is 0 Å². The topological polar surface area (TPSA) is 43.4 Å². The normalized spacial score (nSPS) is 12.2. The van der Waals surface area contributed by atoms with E-state index in [1.807, 2.05) is 0 Å². The van der Waals surface area contributed by atoms with E-state index in [2.05, 4.69) is 0 Å². The molecule has 3 nitrogen and oxygen atoms in total. The van der Waals surface area contributed by atoms with Gasteiger partial charge in [0.25, 0.3) is 0 Å². The highest BCUT2D eigenvalue weighted by atomic mass is 35.5.